The van der Waals surface area contributed by atoms with E-state index in [0.717, 1.165) is 4.47 Å². The number of benzene rings is 3. The molecule has 160 valence electrons. The van der Waals surface area contributed by atoms with Crippen LogP contribution in [0.5, 0.6) is 0 Å². The first kappa shape index (κ1) is 21.7. The van der Waals surface area contributed by atoms with Crippen LogP contribution in [0.15, 0.2) is 98.3 Å². The number of carbonyl (C=O) groups is 2. The van der Waals surface area contributed by atoms with E-state index in [0.29, 0.717) is 11.3 Å². The van der Waals surface area contributed by atoms with Gasteiger partial charge in [0, 0.05) is 21.3 Å². The molecule has 3 aromatic rings. The molecule has 7 nitrogen and oxygen atoms in total. The minimum Gasteiger partial charge on any atom is -0.478 e. The summed E-state index contributed by atoms with van der Waals surface area (Å²) in [6.45, 7) is 0. The van der Waals surface area contributed by atoms with Gasteiger partial charge in [-0.05, 0) is 48.5 Å². The molecule has 1 aliphatic carbocycles. The van der Waals surface area contributed by atoms with Crippen molar-refractivity contribution in [3.8, 4) is 0 Å². The summed E-state index contributed by atoms with van der Waals surface area (Å²) in [4.78, 5) is 24.3. The van der Waals surface area contributed by atoms with Gasteiger partial charge in [-0.25, -0.2) is 4.79 Å². The predicted octanol–water partition coefficient (Wildman–Crippen LogP) is 4.52. The number of sulfonamides is 1. The fourth-order valence-corrected chi connectivity index (χ4v) is 4.43. The number of allylic oxidation sites excluding steroid dienone is 2. The van der Waals surface area contributed by atoms with E-state index < -0.39 is 16.0 Å². The lowest BCUT2D eigenvalue weighted by Crippen LogP contribution is -2.22. The number of ketones is 1. The van der Waals surface area contributed by atoms with E-state index in [4.69, 9.17) is 0 Å². The van der Waals surface area contributed by atoms with Gasteiger partial charge in [-0.2, -0.15) is 12.8 Å². The van der Waals surface area contributed by atoms with Crippen LogP contribution in [0.1, 0.15) is 26.3 Å². The number of rotatable bonds is 5. The molecule has 0 amide bonds. The summed E-state index contributed by atoms with van der Waals surface area (Å²) in [6, 6.07) is 18.6. The fourth-order valence-electron chi connectivity index (χ4n) is 3.17. The van der Waals surface area contributed by atoms with Crippen LogP contribution in [0, 0.1) is 0 Å². The van der Waals surface area contributed by atoms with E-state index in [2.05, 4.69) is 25.6 Å². The van der Waals surface area contributed by atoms with Crippen molar-refractivity contribution in [1.29, 1.82) is 0 Å². The zero-order valence-corrected chi connectivity index (χ0v) is 18.7. The van der Waals surface area contributed by atoms with Crippen molar-refractivity contribution in [3.05, 3.63) is 106 Å². The minimum atomic E-state index is -4.05. The van der Waals surface area contributed by atoms with Crippen molar-refractivity contribution in [2.45, 2.75) is 4.90 Å². The van der Waals surface area contributed by atoms with Crippen molar-refractivity contribution in [1.82, 2.24) is 0 Å². The molecule has 0 aliphatic heterocycles. The van der Waals surface area contributed by atoms with Crippen LogP contribution in [0.25, 0.3) is 0 Å². The standard InChI is InChI=1S/C23H15BrN2O5S/c24-15-8-10-17(11-9-15)32(30,31)26-20-13-21(22(27)19-7-2-1-6-18(19)20)25-16-5-3-4-14(12-16)23(28)29/h1-13,25H,(H,28,29)/b26-20-. The van der Waals surface area contributed by atoms with Gasteiger partial charge in [-0.15, -0.1) is 0 Å². The van der Waals surface area contributed by atoms with Crippen LogP contribution in [0.4, 0.5) is 5.69 Å². The molecule has 0 saturated carbocycles. The van der Waals surface area contributed by atoms with Crippen LogP contribution in [-0.2, 0) is 10.0 Å². The molecule has 2 N–H and O–H groups in total. The molecule has 4 rings (SSSR count). The molecule has 0 radical (unpaired) electrons. The van der Waals surface area contributed by atoms with Crippen LogP contribution in [0.3, 0.4) is 0 Å². The van der Waals surface area contributed by atoms with E-state index in [1.54, 1.807) is 48.5 Å². The van der Waals surface area contributed by atoms with Crippen molar-refractivity contribution in [2.24, 2.45) is 4.40 Å². The van der Waals surface area contributed by atoms with Gasteiger partial charge in [0.15, 0.2) is 0 Å². The van der Waals surface area contributed by atoms with Crippen LogP contribution < -0.4 is 5.32 Å². The SMILES string of the molecule is O=C(O)c1cccc(NC2=C/C(=N/S(=O)(=O)c3ccc(Br)cc3)c3ccccc3C2=O)c1. The van der Waals surface area contributed by atoms with Crippen LogP contribution in [0.2, 0.25) is 0 Å². The van der Waals surface area contributed by atoms with E-state index in [1.165, 1.54) is 30.3 Å². The monoisotopic (exact) mass is 510 g/mol. The van der Waals surface area contributed by atoms with Crippen molar-refractivity contribution in [2.75, 3.05) is 5.32 Å². The first-order chi connectivity index (χ1) is 15.2. The zero-order chi connectivity index (χ0) is 22.9. The lowest BCUT2D eigenvalue weighted by molar-refractivity contribution is 0.0696. The maximum Gasteiger partial charge on any atom is 0.335 e. The zero-order valence-electron chi connectivity index (χ0n) is 16.3. The third kappa shape index (κ3) is 4.39. The van der Waals surface area contributed by atoms with Crippen LogP contribution >= 0.6 is 15.9 Å². The van der Waals surface area contributed by atoms with Crippen LogP contribution in [-0.4, -0.2) is 31.0 Å². The number of hydrogen-bond acceptors (Lipinski definition) is 5. The molecule has 0 spiro atoms. The molecule has 0 saturated heterocycles. The summed E-state index contributed by atoms with van der Waals surface area (Å²) in [7, 11) is -4.05. The Bertz CT molecular complexity index is 1410. The molecule has 32 heavy (non-hydrogen) atoms. The third-order valence-electron chi connectivity index (χ3n) is 4.69. The highest BCUT2D eigenvalue weighted by Crippen LogP contribution is 2.26. The molecule has 0 aromatic heterocycles. The van der Waals surface area contributed by atoms with Gasteiger partial charge in [0.05, 0.1) is 21.9 Å². The molecule has 0 bridgehead atoms. The first-order valence-electron chi connectivity index (χ1n) is 9.31. The lowest BCUT2D eigenvalue weighted by atomic mass is 9.92. The summed E-state index contributed by atoms with van der Waals surface area (Å²) < 4.78 is 30.5. The maximum atomic E-state index is 13.0. The fraction of sp³-hybridized carbons (Fsp3) is 0. The molecule has 1 aliphatic rings. The van der Waals surface area contributed by atoms with Gasteiger partial charge in [-0.1, -0.05) is 46.3 Å². The number of fused-ring (bicyclic) bond motifs is 1. The number of nitrogens with zero attached hydrogens (tertiary/aromatic N) is 1. The molecule has 0 unspecified atom stereocenters. The Morgan fingerprint density at radius 2 is 1.62 bits per heavy atom. The largest absolute Gasteiger partial charge is 0.478 e. The third-order valence-corrected chi connectivity index (χ3v) is 6.53. The number of carboxylic acids is 1. The minimum absolute atomic E-state index is 0.0136. The van der Waals surface area contributed by atoms with Crippen molar-refractivity contribution in [3.63, 3.8) is 0 Å². The van der Waals surface area contributed by atoms with Crippen molar-refractivity contribution >= 4 is 49.1 Å². The highest BCUT2D eigenvalue weighted by molar-refractivity contribution is 9.10. The van der Waals surface area contributed by atoms with E-state index >= 15 is 0 Å². The molecular formula is C23H15BrN2O5S. The van der Waals surface area contributed by atoms with Gasteiger partial charge < -0.3 is 10.4 Å². The highest BCUT2D eigenvalue weighted by Gasteiger charge is 2.26. The number of carbonyl (C=O) groups excluding carboxylic acids is 1. The topological polar surface area (TPSA) is 113 Å². The Morgan fingerprint density at radius 1 is 0.938 bits per heavy atom. The normalized spacial score (nSPS) is 14.6. The van der Waals surface area contributed by atoms with E-state index in [9.17, 15) is 23.1 Å². The number of nitrogens with one attached hydrogen (secondary N) is 1. The second-order valence-electron chi connectivity index (χ2n) is 6.85. The average molecular weight is 511 g/mol. The quantitative estimate of drug-likeness (QED) is 0.521. The Kier molecular flexibility index (Phi) is 5.77. The summed E-state index contributed by atoms with van der Waals surface area (Å²) in [5.41, 5.74) is 1.28. The predicted molar refractivity (Wildman–Crippen MR) is 124 cm³/mol. The molecule has 0 atom stereocenters. The highest BCUT2D eigenvalue weighted by atomic mass is 79.9. The lowest BCUT2D eigenvalue weighted by Gasteiger charge is -2.19. The summed E-state index contributed by atoms with van der Waals surface area (Å²) in [6.07, 6.45) is 1.36. The molecule has 3 aromatic carbocycles. The van der Waals surface area contributed by atoms with Gasteiger partial charge in [-0.3, -0.25) is 4.79 Å². The first-order valence-corrected chi connectivity index (χ1v) is 11.5. The number of Topliss-reactive ketones (excluding diaryl/α,β-unsaturated/α-hetero) is 1. The number of halogens is 1. The van der Waals surface area contributed by atoms with E-state index in [1.807, 2.05) is 0 Å². The van der Waals surface area contributed by atoms with Gasteiger partial charge in [0.2, 0.25) is 5.78 Å². The molecular weight excluding hydrogens is 496 g/mol. The van der Waals surface area contributed by atoms with Gasteiger partial charge >= 0.3 is 5.97 Å². The average Bonchev–Trinajstić information content (AvgIpc) is 2.77. The molecule has 9 heteroatoms. The second-order valence-corrected chi connectivity index (χ2v) is 9.37. The maximum absolute atomic E-state index is 13.0. The summed E-state index contributed by atoms with van der Waals surface area (Å²) in [5.74, 6) is -1.47. The number of hydrogen-bond donors (Lipinski definition) is 2. The summed E-state index contributed by atoms with van der Waals surface area (Å²) >= 11 is 3.27. The number of anilines is 1. The Balaban J connectivity index is 1.80. The van der Waals surface area contributed by atoms with E-state index in [-0.39, 0.29) is 33.2 Å². The Hall–Kier alpha value is -3.56. The second kappa shape index (κ2) is 8.52. The molecule has 0 heterocycles. The number of aromatic carboxylic acids is 1. The molecule has 0 fully saturated rings. The number of carboxylic acid groups (broad SMARTS) is 1. The smallest absolute Gasteiger partial charge is 0.335 e. The van der Waals surface area contributed by atoms with Gasteiger partial charge in [0.1, 0.15) is 0 Å². The van der Waals surface area contributed by atoms with Crippen molar-refractivity contribution < 1.29 is 23.1 Å². The summed E-state index contributed by atoms with van der Waals surface area (Å²) in [5, 5.41) is 12.1. The Morgan fingerprint density at radius 3 is 2.31 bits per heavy atom. The van der Waals surface area contributed by atoms with Gasteiger partial charge in [0.25, 0.3) is 10.0 Å². The Labute approximate surface area is 192 Å².